The predicted octanol–water partition coefficient (Wildman–Crippen LogP) is 0.989. The molecule has 3 aromatic carbocycles. The van der Waals surface area contributed by atoms with Crippen molar-refractivity contribution in [1.82, 2.24) is 4.90 Å². The largest absolute Gasteiger partial charge is 0.507 e. The highest BCUT2D eigenvalue weighted by Gasteiger charge is 2.72. The first-order valence-corrected chi connectivity index (χ1v) is 13.4. The van der Waals surface area contributed by atoms with Crippen molar-refractivity contribution < 1.29 is 39.3 Å². The Morgan fingerprint density at radius 3 is 2.31 bits per heavy atom. The van der Waals surface area contributed by atoms with Crippen molar-refractivity contribution in [3.63, 3.8) is 0 Å². The van der Waals surface area contributed by atoms with E-state index in [0.717, 1.165) is 10.8 Å². The Kier molecular flexibility index (Phi) is 6.27. The number of aliphatic hydroxyl groups is 2. The Morgan fingerprint density at radius 2 is 1.64 bits per heavy atom. The fourth-order valence-electron chi connectivity index (χ4n) is 7.15. The molecule has 2 fully saturated rings. The fraction of sp³-hybridized carbons (Fsp3) is 0.281. The van der Waals surface area contributed by atoms with Gasteiger partial charge in [-0.1, -0.05) is 54.6 Å². The van der Waals surface area contributed by atoms with Gasteiger partial charge in [-0.05, 0) is 53.7 Å². The number of primary amides is 1. The summed E-state index contributed by atoms with van der Waals surface area (Å²) in [6, 6.07) is 16.2. The third kappa shape index (κ3) is 3.65. The van der Waals surface area contributed by atoms with Crippen molar-refractivity contribution >= 4 is 51.5 Å². The van der Waals surface area contributed by atoms with E-state index >= 15 is 0 Å². The third-order valence-electron chi connectivity index (χ3n) is 8.97. The summed E-state index contributed by atoms with van der Waals surface area (Å²) < 4.78 is 0. The Hall–Kier alpha value is -4.51. The van der Waals surface area contributed by atoms with Crippen LogP contribution >= 0.6 is 0 Å². The normalized spacial score (nSPS) is 31.7. The minimum Gasteiger partial charge on any atom is -0.507 e. The molecular weight excluding hydrogens is 540 g/mol. The number of likely N-dealkylation sites (N-methyl/N-ethyl adjacent to an activating group) is 1. The van der Waals surface area contributed by atoms with Gasteiger partial charge in [0.1, 0.15) is 5.75 Å². The van der Waals surface area contributed by atoms with E-state index in [0.29, 0.717) is 11.1 Å². The van der Waals surface area contributed by atoms with Crippen LogP contribution < -0.4 is 5.73 Å². The number of phenols is 1. The van der Waals surface area contributed by atoms with Crippen LogP contribution in [0.4, 0.5) is 0 Å². The van der Waals surface area contributed by atoms with Crippen molar-refractivity contribution in [3.8, 4) is 5.75 Å². The topological polar surface area (TPSA) is 175 Å². The number of aliphatic hydroxyl groups excluding tert-OH is 1. The van der Waals surface area contributed by atoms with Crippen molar-refractivity contribution in [2.24, 2.45) is 29.4 Å². The number of phenolic OH excluding ortho intramolecular Hbond substituents is 1. The summed E-state index contributed by atoms with van der Waals surface area (Å²) in [5, 5.41) is 36.5. The fourth-order valence-corrected chi connectivity index (χ4v) is 7.15. The molecule has 3 aromatic rings. The molecule has 6 rings (SSSR count). The van der Waals surface area contributed by atoms with Crippen molar-refractivity contribution in [1.29, 1.82) is 0 Å². The Labute approximate surface area is 240 Å². The average Bonchev–Trinajstić information content (AvgIpc) is 2.94. The van der Waals surface area contributed by atoms with Gasteiger partial charge in [-0.3, -0.25) is 28.9 Å². The molecule has 214 valence electrons. The summed E-state index contributed by atoms with van der Waals surface area (Å²) in [7, 11) is 2.90. The first-order valence-electron chi connectivity index (χ1n) is 13.4. The van der Waals surface area contributed by atoms with Crippen LogP contribution in [0.5, 0.6) is 5.75 Å². The first-order chi connectivity index (χ1) is 19.9. The van der Waals surface area contributed by atoms with Gasteiger partial charge in [0, 0.05) is 5.92 Å². The second kappa shape index (κ2) is 9.52. The number of hydrogen-bond donors (Lipinski definition) is 4. The zero-order valence-corrected chi connectivity index (χ0v) is 22.7. The van der Waals surface area contributed by atoms with Crippen LogP contribution in [0.15, 0.2) is 60.7 Å². The molecule has 42 heavy (non-hydrogen) atoms. The summed E-state index contributed by atoms with van der Waals surface area (Å²) in [6.07, 6.45) is -0.0723. The molecule has 0 bridgehead atoms. The lowest BCUT2D eigenvalue weighted by Crippen LogP contribution is -2.77. The summed E-state index contributed by atoms with van der Waals surface area (Å²) >= 11 is 0. The third-order valence-corrected chi connectivity index (χ3v) is 8.97. The molecule has 3 aliphatic carbocycles. The summed E-state index contributed by atoms with van der Waals surface area (Å²) in [4.78, 5) is 68.6. The SMILES string of the molecule is CN(C)C1C(=O)C(C(N)=O)C(=O)C2(O)C(=O)C3C(=O)c4c(O)cccc4C(=Cc4ccc5ccccc5c4)C3C(O)C12. The van der Waals surface area contributed by atoms with Gasteiger partial charge < -0.3 is 21.1 Å². The molecule has 5 N–H and O–H groups in total. The molecule has 10 heteroatoms. The molecule has 7 unspecified atom stereocenters. The second-order valence-corrected chi connectivity index (χ2v) is 11.4. The number of amides is 1. The summed E-state index contributed by atoms with van der Waals surface area (Å²) in [5.41, 5.74) is 3.37. The van der Waals surface area contributed by atoms with Gasteiger partial charge >= 0.3 is 0 Å². The summed E-state index contributed by atoms with van der Waals surface area (Å²) in [6.45, 7) is 0. The van der Waals surface area contributed by atoms with Crippen molar-refractivity contribution in [3.05, 3.63) is 77.4 Å². The van der Waals surface area contributed by atoms with Gasteiger partial charge in [0.2, 0.25) is 5.91 Å². The van der Waals surface area contributed by atoms with Crippen LogP contribution in [-0.4, -0.2) is 81.1 Å². The van der Waals surface area contributed by atoms with Gasteiger partial charge in [0.25, 0.3) is 0 Å². The first kappa shape index (κ1) is 27.6. The number of rotatable bonds is 3. The van der Waals surface area contributed by atoms with Crippen molar-refractivity contribution in [2.75, 3.05) is 14.1 Å². The minimum absolute atomic E-state index is 0.191. The maximum atomic E-state index is 14.2. The predicted molar refractivity (Wildman–Crippen MR) is 151 cm³/mol. The number of nitrogens with zero attached hydrogens (tertiary/aromatic N) is 1. The zero-order chi connectivity index (χ0) is 30.2. The van der Waals surface area contributed by atoms with E-state index in [9.17, 15) is 39.3 Å². The summed E-state index contributed by atoms with van der Waals surface area (Å²) in [5.74, 6) is -13.2. The van der Waals surface area contributed by atoms with Crippen LogP contribution in [0.2, 0.25) is 0 Å². The smallest absolute Gasteiger partial charge is 0.235 e. The van der Waals surface area contributed by atoms with Crippen LogP contribution in [0, 0.1) is 23.7 Å². The van der Waals surface area contributed by atoms with E-state index in [2.05, 4.69) is 0 Å². The molecule has 0 aliphatic heterocycles. The number of hydrogen-bond acceptors (Lipinski definition) is 9. The maximum absolute atomic E-state index is 14.2. The molecule has 0 saturated heterocycles. The van der Waals surface area contributed by atoms with E-state index in [1.165, 1.54) is 31.1 Å². The lowest BCUT2D eigenvalue weighted by atomic mass is 9.50. The number of nitrogens with two attached hydrogens (primary N) is 1. The number of benzene rings is 3. The van der Waals surface area contributed by atoms with E-state index in [1.807, 2.05) is 42.5 Å². The number of carbonyl (C=O) groups is 5. The van der Waals surface area contributed by atoms with E-state index < -0.39 is 76.2 Å². The lowest BCUT2D eigenvalue weighted by Gasteiger charge is -2.55. The Balaban J connectivity index is 1.61. The Morgan fingerprint density at radius 1 is 0.952 bits per heavy atom. The van der Waals surface area contributed by atoms with Crippen molar-refractivity contribution in [2.45, 2.75) is 17.7 Å². The van der Waals surface area contributed by atoms with Crippen LogP contribution in [-0.2, 0) is 19.2 Å². The second-order valence-electron chi connectivity index (χ2n) is 11.4. The number of ketones is 4. The maximum Gasteiger partial charge on any atom is 0.235 e. The molecule has 0 heterocycles. The van der Waals surface area contributed by atoms with Gasteiger partial charge in [-0.25, -0.2) is 0 Å². The lowest BCUT2D eigenvalue weighted by molar-refractivity contribution is -0.192. The molecule has 2 saturated carbocycles. The minimum atomic E-state index is -3.06. The highest BCUT2D eigenvalue weighted by Crippen LogP contribution is 2.54. The van der Waals surface area contributed by atoms with Gasteiger partial charge in [-0.2, -0.15) is 0 Å². The molecule has 3 aliphatic rings. The molecule has 10 nitrogen and oxygen atoms in total. The van der Waals surface area contributed by atoms with E-state index in [1.54, 1.807) is 12.1 Å². The number of aromatic hydroxyl groups is 1. The van der Waals surface area contributed by atoms with Crippen LogP contribution in [0.25, 0.3) is 22.4 Å². The number of carbonyl (C=O) groups excluding carboxylic acids is 5. The highest BCUT2D eigenvalue weighted by atomic mass is 16.3. The quantitative estimate of drug-likeness (QED) is 0.336. The van der Waals surface area contributed by atoms with Gasteiger partial charge in [0.15, 0.2) is 34.7 Å². The number of Topliss-reactive ketones (excluding diaryl/α,β-unsaturated/α-hetero) is 4. The molecule has 0 spiro atoms. The molecule has 7 atom stereocenters. The molecule has 0 aromatic heterocycles. The van der Waals surface area contributed by atoms with E-state index in [-0.39, 0.29) is 11.1 Å². The monoisotopic (exact) mass is 568 g/mol. The molecule has 0 radical (unpaired) electrons. The zero-order valence-electron chi connectivity index (χ0n) is 22.7. The average molecular weight is 569 g/mol. The Bertz CT molecular complexity index is 1760. The highest BCUT2D eigenvalue weighted by molar-refractivity contribution is 6.33. The van der Waals surface area contributed by atoms with Crippen LogP contribution in [0.3, 0.4) is 0 Å². The van der Waals surface area contributed by atoms with E-state index in [4.69, 9.17) is 5.73 Å². The standard InChI is InChI=1S/C32H28N2O8/c1-34(2)25-24-27(37)21-18(13-14-10-11-15-6-3-4-7-16(15)12-14)17-8-5-9-19(35)20(17)26(36)22(21)29(39)32(24,42)30(40)23(28(25)38)31(33)41/h3-13,21-25,27,35,37,42H,1-2H3,(H2,33,41). The van der Waals surface area contributed by atoms with Gasteiger partial charge in [-0.15, -0.1) is 0 Å². The number of fused-ring (bicyclic) bond motifs is 4. The van der Waals surface area contributed by atoms with Gasteiger partial charge in [0.05, 0.1) is 29.5 Å². The molecular formula is C32H28N2O8. The molecule has 1 amide bonds. The van der Waals surface area contributed by atoms with Crippen LogP contribution in [0.1, 0.15) is 21.5 Å².